The van der Waals surface area contributed by atoms with Gasteiger partial charge in [-0.25, -0.2) is 15.0 Å². The molecule has 27 heavy (non-hydrogen) atoms. The highest BCUT2D eigenvalue weighted by molar-refractivity contribution is 5.76. The number of aromatic nitrogens is 4. The molecule has 2 aliphatic rings. The molecule has 0 aromatic carbocycles. The Balaban J connectivity index is 1.46. The van der Waals surface area contributed by atoms with Crippen molar-refractivity contribution in [1.29, 1.82) is 0 Å². The minimum atomic E-state index is -0.0262. The van der Waals surface area contributed by atoms with E-state index in [2.05, 4.69) is 24.4 Å². The van der Waals surface area contributed by atoms with Crippen LogP contribution < -0.4 is 0 Å². The number of morpholine rings is 1. The highest BCUT2D eigenvalue weighted by atomic mass is 16.5. The summed E-state index contributed by atoms with van der Waals surface area (Å²) < 4.78 is 8.20. The average Bonchev–Trinajstić information content (AvgIpc) is 3.27. The number of imidazole rings is 1. The van der Waals surface area contributed by atoms with E-state index >= 15 is 0 Å². The third-order valence-electron chi connectivity index (χ3n) is 5.44. The molecule has 8 nitrogen and oxygen atoms in total. The number of hydrogen-bond donors (Lipinski definition) is 0. The Bertz CT molecular complexity index is 820. The Hall–Kier alpha value is -2.32. The minimum Gasteiger partial charge on any atom is -0.375 e. The Morgan fingerprint density at radius 1 is 1.26 bits per heavy atom. The van der Waals surface area contributed by atoms with E-state index in [0.717, 1.165) is 36.9 Å². The summed E-state index contributed by atoms with van der Waals surface area (Å²) in [4.78, 5) is 29.3. The van der Waals surface area contributed by atoms with Gasteiger partial charge in [-0.05, 0) is 19.4 Å². The van der Waals surface area contributed by atoms with E-state index in [-0.39, 0.29) is 12.0 Å². The number of aryl methyl sites for hydroxylation is 1. The second-order valence-corrected chi connectivity index (χ2v) is 7.59. The van der Waals surface area contributed by atoms with Crippen LogP contribution in [0, 0.1) is 6.92 Å². The van der Waals surface area contributed by atoms with E-state index in [9.17, 15) is 4.79 Å². The van der Waals surface area contributed by atoms with Crippen LogP contribution in [-0.4, -0.2) is 81.2 Å². The van der Waals surface area contributed by atoms with Crippen molar-refractivity contribution in [2.24, 2.45) is 0 Å². The Kier molecular flexibility index (Phi) is 4.92. The summed E-state index contributed by atoms with van der Waals surface area (Å²) >= 11 is 0. The summed E-state index contributed by atoms with van der Waals surface area (Å²) in [5.41, 5.74) is 0.850. The first kappa shape index (κ1) is 18.1. The van der Waals surface area contributed by atoms with E-state index in [1.165, 1.54) is 0 Å². The molecule has 0 bridgehead atoms. The van der Waals surface area contributed by atoms with Crippen molar-refractivity contribution in [2.75, 3.05) is 33.8 Å². The van der Waals surface area contributed by atoms with Gasteiger partial charge in [0.2, 0.25) is 5.91 Å². The van der Waals surface area contributed by atoms with E-state index < -0.39 is 0 Å². The minimum absolute atomic E-state index is 0.0262. The van der Waals surface area contributed by atoms with Crippen molar-refractivity contribution in [2.45, 2.75) is 38.0 Å². The fourth-order valence-corrected chi connectivity index (χ4v) is 4.01. The van der Waals surface area contributed by atoms with Crippen LogP contribution in [0.15, 0.2) is 24.7 Å². The van der Waals surface area contributed by atoms with Crippen LogP contribution >= 0.6 is 0 Å². The lowest BCUT2D eigenvalue weighted by Gasteiger charge is -2.35. The van der Waals surface area contributed by atoms with Gasteiger partial charge >= 0.3 is 0 Å². The molecule has 144 valence electrons. The summed E-state index contributed by atoms with van der Waals surface area (Å²) in [6, 6.07) is 2.62. The van der Waals surface area contributed by atoms with Gasteiger partial charge in [-0.15, -0.1) is 0 Å². The molecule has 0 spiro atoms. The largest absolute Gasteiger partial charge is 0.375 e. The molecule has 8 heteroatoms. The normalized spacial score (nSPS) is 25.4. The maximum atomic E-state index is 12.0. The zero-order chi connectivity index (χ0) is 19.0. The van der Waals surface area contributed by atoms with Gasteiger partial charge in [0.05, 0.1) is 19.1 Å². The van der Waals surface area contributed by atoms with Crippen molar-refractivity contribution in [3.05, 3.63) is 30.5 Å². The number of ether oxygens (including phenoxy) is 1. The van der Waals surface area contributed by atoms with Crippen LogP contribution in [0.2, 0.25) is 0 Å². The second kappa shape index (κ2) is 7.36. The van der Waals surface area contributed by atoms with Crippen molar-refractivity contribution in [3.8, 4) is 11.5 Å². The van der Waals surface area contributed by atoms with Gasteiger partial charge in [-0.2, -0.15) is 0 Å². The lowest BCUT2D eigenvalue weighted by molar-refractivity contribution is -0.134. The number of carbonyl (C=O) groups excluding carboxylic acids is 1. The predicted octanol–water partition coefficient (Wildman–Crippen LogP) is 1.14. The van der Waals surface area contributed by atoms with E-state index in [4.69, 9.17) is 4.74 Å². The smallest absolute Gasteiger partial charge is 0.224 e. The Morgan fingerprint density at radius 2 is 2.11 bits per heavy atom. The first-order chi connectivity index (χ1) is 13.0. The molecule has 2 aromatic heterocycles. The fourth-order valence-electron chi connectivity index (χ4n) is 4.01. The lowest BCUT2D eigenvalue weighted by Crippen LogP contribution is -2.47. The summed E-state index contributed by atoms with van der Waals surface area (Å²) in [7, 11) is 3.57. The van der Waals surface area contributed by atoms with E-state index in [1.807, 2.05) is 25.4 Å². The van der Waals surface area contributed by atoms with Gasteiger partial charge in [0, 0.05) is 57.9 Å². The van der Waals surface area contributed by atoms with Gasteiger partial charge in [0.1, 0.15) is 11.5 Å². The van der Waals surface area contributed by atoms with Gasteiger partial charge in [-0.3, -0.25) is 9.69 Å². The molecule has 4 heterocycles. The zero-order valence-corrected chi connectivity index (χ0v) is 16.1. The zero-order valence-electron chi connectivity index (χ0n) is 16.1. The van der Waals surface area contributed by atoms with E-state index in [1.54, 1.807) is 25.2 Å². The molecule has 3 atom stereocenters. The van der Waals surface area contributed by atoms with Crippen LogP contribution in [-0.2, 0) is 9.53 Å². The molecule has 2 aliphatic heterocycles. The third-order valence-corrected chi connectivity index (χ3v) is 5.44. The molecule has 0 aliphatic carbocycles. The number of amides is 1. The van der Waals surface area contributed by atoms with Gasteiger partial charge in [-0.1, -0.05) is 0 Å². The number of carbonyl (C=O) groups is 1. The van der Waals surface area contributed by atoms with Gasteiger partial charge in [0.15, 0.2) is 5.82 Å². The van der Waals surface area contributed by atoms with Crippen LogP contribution in [0.3, 0.4) is 0 Å². The molecule has 2 saturated heterocycles. The summed E-state index contributed by atoms with van der Waals surface area (Å²) in [6.45, 7) is 4.31. The molecule has 2 fully saturated rings. The van der Waals surface area contributed by atoms with Crippen LogP contribution in [0.1, 0.15) is 24.7 Å². The summed E-state index contributed by atoms with van der Waals surface area (Å²) in [6.07, 6.45) is 7.07. The Morgan fingerprint density at radius 3 is 2.89 bits per heavy atom. The topological polar surface area (TPSA) is 76.4 Å². The lowest BCUT2D eigenvalue weighted by atomic mass is 10.1. The maximum absolute atomic E-state index is 12.0. The standard InChI is InChI=1S/C19H26N6O2/c1-13-20-5-4-17(22-13)19-21-6-7-25(19)14-8-15-12-27-16(11-24(15)10-14)9-18(26)23(2)3/h4-7,14-16H,8-12H2,1-3H3/t14-,15+,16+/m1/s1. The number of hydrogen-bond acceptors (Lipinski definition) is 6. The number of nitrogens with zero attached hydrogens (tertiary/aromatic N) is 6. The monoisotopic (exact) mass is 370 g/mol. The van der Waals surface area contributed by atoms with Crippen molar-refractivity contribution in [3.63, 3.8) is 0 Å². The molecule has 0 unspecified atom stereocenters. The highest BCUT2D eigenvalue weighted by Crippen LogP contribution is 2.33. The molecule has 2 aromatic rings. The predicted molar refractivity (Wildman–Crippen MR) is 100 cm³/mol. The molecule has 0 N–H and O–H groups in total. The first-order valence-electron chi connectivity index (χ1n) is 9.40. The van der Waals surface area contributed by atoms with Crippen LogP contribution in [0.4, 0.5) is 0 Å². The molecule has 0 saturated carbocycles. The average molecular weight is 370 g/mol. The van der Waals surface area contributed by atoms with Crippen LogP contribution in [0.25, 0.3) is 11.5 Å². The van der Waals surface area contributed by atoms with Gasteiger partial charge in [0.25, 0.3) is 0 Å². The maximum Gasteiger partial charge on any atom is 0.224 e. The third kappa shape index (κ3) is 3.72. The van der Waals surface area contributed by atoms with Crippen molar-refractivity contribution < 1.29 is 9.53 Å². The summed E-state index contributed by atoms with van der Waals surface area (Å²) in [5.74, 6) is 1.74. The molecule has 4 rings (SSSR count). The van der Waals surface area contributed by atoms with Crippen LogP contribution in [0.5, 0.6) is 0 Å². The quantitative estimate of drug-likeness (QED) is 0.803. The molecular formula is C19H26N6O2. The number of fused-ring (bicyclic) bond motifs is 1. The first-order valence-corrected chi connectivity index (χ1v) is 9.40. The fraction of sp³-hybridized carbons (Fsp3) is 0.579. The number of rotatable bonds is 4. The SMILES string of the molecule is Cc1nccc(-c2nccn2[C@@H]2C[C@H]3CO[C@@H](CC(=O)N(C)C)CN3C2)n1. The highest BCUT2D eigenvalue weighted by Gasteiger charge is 2.39. The van der Waals surface area contributed by atoms with Crippen molar-refractivity contribution in [1.82, 2.24) is 29.3 Å². The molecule has 1 amide bonds. The Labute approximate surface area is 159 Å². The van der Waals surface area contributed by atoms with Gasteiger partial charge < -0.3 is 14.2 Å². The van der Waals surface area contributed by atoms with Crippen molar-refractivity contribution >= 4 is 5.91 Å². The second-order valence-electron chi connectivity index (χ2n) is 7.59. The van der Waals surface area contributed by atoms with E-state index in [0.29, 0.717) is 25.1 Å². The summed E-state index contributed by atoms with van der Waals surface area (Å²) in [5, 5.41) is 0. The molecule has 0 radical (unpaired) electrons. The molecular weight excluding hydrogens is 344 g/mol.